The number of fused-ring (bicyclic) bond motifs is 1. The highest BCUT2D eigenvalue weighted by Crippen LogP contribution is 2.52. The monoisotopic (exact) mass is 390 g/mol. The molecule has 1 heterocycles. The lowest BCUT2D eigenvalue weighted by atomic mass is 9.55. The topological polar surface area (TPSA) is 59.3 Å². The molecule has 2 aromatic rings. The Labute approximate surface area is 160 Å². The highest BCUT2D eigenvalue weighted by molar-refractivity contribution is 5.92. The number of nitrogens with one attached hydrogen (secondary N) is 1. The molecule has 8 heteroatoms. The van der Waals surface area contributed by atoms with Crippen LogP contribution in [-0.2, 0) is 17.5 Å². The van der Waals surface area contributed by atoms with Crippen molar-refractivity contribution in [1.29, 1.82) is 0 Å². The fourth-order valence-corrected chi connectivity index (χ4v) is 5.61. The van der Waals surface area contributed by atoms with E-state index in [1.807, 2.05) is 0 Å². The highest BCUT2D eigenvalue weighted by atomic mass is 19.4. The Kier molecular flexibility index (Phi) is 4.00. The highest BCUT2D eigenvalue weighted by Gasteiger charge is 2.46. The van der Waals surface area contributed by atoms with Gasteiger partial charge in [-0.2, -0.15) is 18.3 Å². The van der Waals surface area contributed by atoms with Gasteiger partial charge < -0.3 is 4.57 Å². The van der Waals surface area contributed by atoms with E-state index in [1.165, 1.54) is 18.6 Å². The average molecular weight is 390 g/mol. The zero-order valence-corrected chi connectivity index (χ0v) is 15.2. The van der Waals surface area contributed by atoms with Crippen molar-refractivity contribution < 1.29 is 18.0 Å². The summed E-state index contributed by atoms with van der Waals surface area (Å²) in [5.74, 6) is 0.793. The second-order valence-electron chi connectivity index (χ2n) is 8.38. The molecule has 4 aliphatic carbocycles. The Balaban J connectivity index is 1.36. The number of hydrazone groups is 1. The molecule has 0 unspecified atom stereocenters. The first-order valence-electron chi connectivity index (χ1n) is 9.77. The molecule has 1 amide bonds. The van der Waals surface area contributed by atoms with Crippen LogP contribution in [0.5, 0.6) is 0 Å². The van der Waals surface area contributed by atoms with Crippen LogP contribution in [0.25, 0.3) is 11.0 Å². The number of alkyl halides is 3. The first-order valence-corrected chi connectivity index (χ1v) is 9.77. The third-order valence-electron chi connectivity index (χ3n) is 6.49. The molecule has 4 saturated carbocycles. The first-order chi connectivity index (χ1) is 13.4. The molecule has 0 saturated heterocycles. The predicted octanol–water partition coefficient (Wildman–Crippen LogP) is 3.98. The van der Waals surface area contributed by atoms with E-state index in [0.29, 0.717) is 11.8 Å². The van der Waals surface area contributed by atoms with Crippen LogP contribution in [0.15, 0.2) is 29.4 Å². The largest absolute Gasteiger partial charge is 0.449 e. The molecular formula is C20H21F3N4O. The molecule has 0 radical (unpaired) electrons. The second kappa shape index (κ2) is 6.32. The summed E-state index contributed by atoms with van der Waals surface area (Å²) in [5, 5.41) is 4.38. The molecule has 5 nitrogen and oxygen atoms in total. The Morgan fingerprint density at radius 1 is 1.11 bits per heavy atom. The number of hydrogen-bond donors (Lipinski definition) is 1. The van der Waals surface area contributed by atoms with Gasteiger partial charge in [0.15, 0.2) is 0 Å². The molecule has 4 fully saturated rings. The summed E-state index contributed by atoms with van der Waals surface area (Å²) in [6.07, 6.45) is 1.21. The predicted molar refractivity (Wildman–Crippen MR) is 97.4 cm³/mol. The van der Waals surface area contributed by atoms with E-state index >= 15 is 0 Å². The average Bonchev–Trinajstić information content (AvgIpc) is 2.99. The van der Waals surface area contributed by atoms with Crippen molar-refractivity contribution >= 4 is 22.7 Å². The fourth-order valence-electron chi connectivity index (χ4n) is 5.61. The van der Waals surface area contributed by atoms with Gasteiger partial charge in [-0.1, -0.05) is 12.1 Å². The number of imidazole rings is 1. The lowest BCUT2D eigenvalue weighted by molar-refractivity contribution is -0.147. The van der Waals surface area contributed by atoms with Crippen molar-refractivity contribution in [3.05, 3.63) is 30.1 Å². The molecular weight excluding hydrogens is 369 g/mol. The van der Waals surface area contributed by atoms with Crippen molar-refractivity contribution in [1.82, 2.24) is 15.0 Å². The van der Waals surface area contributed by atoms with Crippen molar-refractivity contribution in [2.24, 2.45) is 28.8 Å². The number of benzene rings is 1. The number of rotatable bonds is 3. The van der Waals surface area contributed by atoms with Crippen LogP contribution < -0.4 is 5.43 Å². The minimum absolute atomic E-state index is 0.218. The minimum atomic E-state index is -4.63. The molecule has 4 aliphatic rings. The van der Waals surface area contributed by atoms with Crippen molar-refractivity contribution in [2.75, 3.05) is 0 Å². The molecule has 0 atom stereocenters. The number of carbonyl (C=O) groups excluding carboxylic acids is 1. The maximum atomic E-state index is 13.4. The normalized spacial score (nSPS) is 28.8. The van der Waals surface area contributed by atoms with Crippen LogP contribution in [0, 0.1) is 23.7 Å². The van der Waals surface area contributed by atoms with E-state index in [4.69, 9.17) is 0 Å². The molecule has 1 aromatic heterocycles. The summed E-state index contributed by atoms with van der Waals surface area (Å²) in [4.78, 5) is 16.1. The maximum absolute atomic E-state index is 13.4. The maximum Gasteiger partial charge on any atom is 0.449 e. The summed E-state index contributed by atoms with van der Waals surface area (Å²) in [7, 11) is 0. The molecule has 0 aliphatic heterocycles. The summed E-state index contributed by atoms with van der Waals surface area (Å²) in [6, 6.07) is 6.30. The van der Waals surface area contributed by atoms with Gasteiger partial charge in [-0.3, -0.25) is 4.79 Å². The van der Waals surface area contributed by atoms with Gasteiger partial charge >= 0.3 is 6.18 Å². The van der Waals surface area contributed by atoms with E-state index in [9.17, 15) is 18.0 Å². The van der Waals surface area contributed by atoms with Gasteiger partial charge in [-0.15, -0.1) is 0 Å². The number of hydrogen-bond acceptors (Lipinski definition) is 3. The van der Waals surface area contributed by atoms with Crippen molar-refractivity contribution in [2.45, 2.75) is 44.8 Å². The molecule has 148 valence electrons. The van der Waals surface area contributed by atoms with E-state index in [-0.39, 0.29) is 11.0 Å². The SMILES string of the molecule is O=C(Cn1c(C(F)(F)F)nc2ccccc21)NN=C1C2CC3CC(C2)CC1C3. The number of amides is 1. The summed E-state index contributed by atoms with van der Waals surface area (Å²) in [6.45, 7) is -0.466. The van der Waals surface area contributed by atoms with Gasteiger partial charge in [0.25, 0.3) is 5.91 Å². The Bertz CT molecular complexity index is 932. The Morgan fingerprint density at radius 3 is 2.39 bits per heavy atom. The van der Waals surface area contributed by atoms with Crippen molar-refractivity contribution in [3.63, 3.8) is 0 Å². The van der Waals surface area contributed by atoms with Gasteiger partial charge in [0.2, 0.25) is 5.82 Å². The number of aromatic nitrogens is 2. The standard InChI is InChI=1S/C20H21F3N4O/c21-20(22,23)19-24-15-3-1-2-4-16(15)27(19)10-17(28)25-26-18-13-6-11-5-12(8-13)9-14(18)7-11/h1-4,11-14H,5-10H2,(H,25,28). The molecule has 28 heavy (non-hydrogen) atoms. The van der Waals surface area contributed by atoms with Gasteiger partial charge in [0.1, 0.15) is 6.54 Å². The summed E-state index contributed by atoms with van der Waals surface area (Å²) in [5.41, 5.74) is 4.08. The van der Waals surface area contributed by atoms with E-state index in [1.54, 1.807) is 12.1 Å². The quantitative estimate of drug-likeness (QED) is 0.806. The lowest BCUT2D eigenvalue weighted by Crippen LogP contribution is -2.46. The lowest BCUT2D eigenvalue weighted by Gasteiger charge is -2.50. The molecule has 1 aromatic carbocycles. The zero-order chi connectivity index (χ0) is 19.5. The molecule has 0 spiro atoms. The summed E-state index contributed by atoms with van der Waals surface area (Å²) < 4.78 is 41.0. The second-order valence-corrected chi connectivity index (χ2v) is 8.38. The Morgan fingerprint density at radius 2 is 1.75 bits per heavy atom. The molecule has 4 bridgehead atoms. The molecule has 1 N–H and O–H groups in total. The van der Waals surface area contributed by atoms with Gasteiger partial charge in [0, 0.05) is 5.71 Å². The number of nitrogens with zero attached hydrogens (tertiary/aromatic N) is 3. The van der Waals surface area contributed by atoms with Crippen LogP contribution in [0.4, 0.5) is 13.2 Å². The van der Waals surface area contributed by atoms with E-state index in [2.05, 4.69) is 15.5 Å². The number of para-hydroxylation sites is 2. The smallest absolute Gasteiger partial charge is 0.311 e. The van der Waals surface area contributed by atoms with Crippen LogP contribution in [0.2, 0.25) is 0 Å². The minimum Gasteiger partial charge on any atom is -0.311 e. The van der Waals surface area contributed by atoms with Crippen LogP contribution in [0.1, 0.15) is 37.9 Å². The first kappa shape index (κ1) is 17.7. The van der Waals surface area contributed by atoms with Gasteiger partial charge in [0.05, 0.1) is 11.0 Å². The zero-order valence-electron chi connectivity index (χ0n) is 15.2. The number of carbonyl (C=O) groups is 1. The van der Waals surface area contributed by atoms with Crippen LogP contribution in [-0.4, -0.2) is 21.2 Å². The van der Waals surface area contributed by atoms with Crippen molar-refractivity contribution in [3.8, 4) is 0 Å². The van der Waals surface area contributed by atoms with Gasteiger partial charge in [-0.25, -0.2) is 10.4 Å². The fraction of sp³-hybridized carbons (Fsp3) is 0.550. The third kappa shape index (κ3) is 2.99. The third-order valence-corrected chi connectivity index (χ3v) is 6.49. The van der Waals surface area contributed by atoms with Crippen LogP contribution in [0.3, 0.4) is 0 Å². The molecule has 6 rings (SSSR count). The summed E-state index contributed by atoms with van der Waals surface area (Å²) >= 11 is 0. The van der Waals surface area contributed by atoms with Gasteiger partial charge in [-0.05, 0) is 67.9 Å². The van der Waals surface area contributed by atoms with E-state index in [0.717, 1.165) is 47.8 Å². The Hall–Kier alpha value is -2.38. The van der Waals surface area contributed by atoms with Crippen LogP contribution >= 0.6 is 0 Å². The van der Waals surface area contributed by atoms with E-state index < -0.39 is 24.5 Å². The number of halogens is 3.